The minimum absolute atomic E-state index is 0.240. The summed E-state index contributed by atoms with van der Waals surface area (Å²) in [5, 5.41) is 13.1. The molecule has 0 bridgehead atoms. The number of carbonyl (C=O) groups is 1. The van der Waals surface area contributed by atoms with E-state index in [0.29, 0.717) is 5.69 Å². The summed E-state index contributed by atoms with van der Waals surface area (Å²) in [6.07, 6.45) is 2.53. The van der Waals surface area contributed by atoms with Crippen molar-refractivity contribution in [3.8, 4) is 5.69 Å². The van der Waals surface area contributed by atoms with E-state index in [1.165, 1.54) is 5.56 Å². The van der Waals surface area contributed by atoms with Crippen molar-refractivity contribution in [2.45, 2.75) is 20.3 Å². The number of benzene rings is 1. The average Bonchev–Trinajstić information content (AvgIpc) is 2.71. The molecular formula is C13H14N2O2. The first kappa shape index (κ1) is 11.4. The highest BCUT2D eigenvalue weighted by molar-refractivity contribution is 5.88. The van der Waals surface area contributed by atoms with Gasteiger partial charge in [-0.1, -0.05) is 19.1 Å². The fourth-order valence-electron chi connectivity index (χ4n) is 1.69. The standard InChI is InChI=1S/C13H14N2O2/c1-3-10-4-6-11(7-5-10)15-8-12(13(16)17)9(2)14-15/h4-8H,3H2,1-2H3,(H,16,17). The third-order valence-electron chi connectivity index (χ3n) is 2.74. The Morgan fingerprint density at radius 3 is 2.47 bits per heavy atom. The van der Waals surface area contributed by atoms with Crippen molar-refractivity contribution in [2.75, 3.05) is 0 Å². The smallest absolute Gasteiger partial charge is 0.339 e. The number of nitrogens with zero attached hydrogens (tertiary/aromatic N) is 2. The van der Waals surface area contributed by atoms with Gasteiger partial charge in [-0.3, -0.25) is 0 Å². The van der Waals surface area contributed by atoms with Crippen LogP contribution in [0.25, 0.3) is 5.69 Å². The first-order valence-electron chi connectivity index (χ1n) is 5.50. The molecule has 0 aliphatic carbocycles. The molecule has 2 rings (SSSR count). The van der Waals surface area contributed by atoms with Crippen LogP contribution in [0.5, 0.6) is 0 Å². The van der Waals surface area contributed by atoms with Gasteiger partial charge in [0.2, 0.25) is 0 Å². The van der Waals surface area contributed by atoms with Gasteiger partial charge in [0.25, 0.3) is 0 Å². The maximum absolute atomic E-state index is 10.9. The van der Waals surface area contributed by atoms with Gasteiger partial charge in [0.05, 0.1) is 11.4 Å². The Morgan fingerprint density at radius 1 is 1.35 bits per heavy atom. The molecule has 4 nitrogen and oxygen atoms in total. The number of aromatic nitrogens is 2. The summed E-state index contributed by atoms with van der Waals surface area (Å²) in [6.45, 7) is 3.79. The van der Waals surface area contributed by atoms with Crippen LogP contribution in [0.1, 0.15) is 28.5 Å². The molecule has 0 atom stereocenters. The molecule has 17 heavy (non-hydrogen) atoms. The summed E-state index contributed by atoms with van der Waals surface area (Å²) < 4.78 is 1.60. The van der Waals surface area contributed by atoms with E-state index in [4.69, 9.17) is 5.11 Å². The van der Waals surface area contributed by atoms with Crippen LogP contribution in [0.15, 0.2) is 30.5 Å². The Hall–Kier alpha value is -2.10. The molecule has 0 spiro atoms. The highest BCUT2D eigenvalue weighted by atomic mass is 16.4. The lowest BCUT2D eigenvalue weighted by Crippen LogP contribution is -1.96. The van der Waals surface area contributed by atoms with Crippen LogP contribution < -0.4 is 0 Å². The zero-order chi connectivity index (χ0) is 12.4. The largest absolute Gasteiger partial charge is 0.478 e. The lowest BCUT2D eigenvalue weighted by molar-refractivity contribution is 0.0696. The Kier molecular flexibility index (Phi) is 2.95. The highest BCUT2D eigenvalue weighted by Crippen LogP contribution is 2.13. The van der Waals surface area contributed by atoms with Gasteiger partial charge in [0.15, 0.2) is 0 Å². The van der Waals surface area contributed by atoms with Gasteiger partial charge in [-0.2, -0.15) is 5.10 Å². The molecule has 1 aromatic heterocycles. The molecule has 0 unspecified atom stereocenters. The molecule has 0 saturated heterocycles. The fraction of sp³-hybridized carbons (Fsp3) is 0.231. The first-order valence-corrected chi connectivity index (χ1v) is 5.50. The molecular weight excluding hydrogens is 216 g/mol. The van der Waals surface area contributed by atoms with Crippen LogP contribution in [-0.4, -0.2) is 20.9 Å². The van der Waals surface area contributed by atoms with E-state index in [2.05, 4.69) is 12.0 Å². The highest BCUT2D eigenvalue weighted by Gasteiger charge is 2.12. The molecule has 88 valence electrons. The van der Waals surface area contributed by atoms with E-state index in [1.54, 1.807) is 17.8 Å². The summed E-state index contributed by atoms with van der Waals surface area (Å²) in [6, 6.07) is 7.92. The second kappa shape index (κ2) is 4.41. The predicted octanol–water partition coefficient (Wildman–Crippen LogP) is 2.44. The quantitative estimate of drug-likeness (QED) is 0.881. The molecule has 0 amide bonds. The SMILES string of the molecule is CCc1ccc(-n2cc(C(=O)O)c(C)n2)cc1. The number of hydrogen-bond acceptors (Lipinski definition) is 2. The van der Waals surface area contributed by atoms with E-state index in [9.17, 15) is 4.79 Å². The molecule has 0 saturated carbocycles. The third kappa shape index (κ3) is 2.20. The average molecular weight is 230 g/mol. The van der Waals surface area contributed by atoms with Crippen LogP contribution in [0.3, 0.4) is 0 Å². The zero-order valence-electron chi connectivity index (χ0n) is 9.84. The van der Waals surface area contributed by atoms with Crippen LogP contribution in [0.4, 0.5) is 0 Å². The van der Waals surface area contributed by atoms with Gasteiger partial charge in [-0.15, -0.1) is 0 Å². The first-order chi connectivity index (χ1) is 8.11. The van der Waals surface area contributed by atoms with E-state index in [-0.39, 0.29) is 5.56 Å². The van der Waals surface area contributed by atoms with Crippen molar-refractivity contribution in [2.24, 2.45) is 0 Å². The van der Waals surface area contributed by atoms with E-state index in [1.807, 2.05) is 24.3 Å². The number of hydrogen-bond donors (Lipinski definition) is 1. The van der Waals surface area contributed by atoms with Gasteiger partial charge in [0, 0.05) is 6.20 Å². The summed E-state index contributed by atoms with van der Waals surface area (Å²) in [5.41, 5.74) is 2.88. The zero-order valence-corrected chi connectivity index (χ0v) is 9.84. The molecule has 0 radical (unpaired) electrons. The lowest BCUT2D eigenvalue weighted by Gasteiger charge is -2.02. The number of carboxylic acid groups (broad SMARTS) is 1. The van der Waals surface area contributed by atoms with Crippen LogP contribution in [-0.2, 0) is 6.42 Å². The van der Waals surface area contributed by atoms with E-state index >= 15 is 0 Å². The molecule has 1 N–H and O–H groups in total. The summed E-state index contributed by atoms with van der Waals surface area (Å²) >= 11 is 0. The van der Waals surface area contributed by atoms with Crippen molar-refractivity contribution in [3.05, 3.63) is 47.3 Å². The third-order valence-corrected chi connectivity index (χ3v) is 2.74. The van der Waals surface area contributed by atoms with Crippen LogP contribution in [0, 0.1) is 6.92 Å². The second-order valence-electron chi connectivity index (χ2n) is 3.90. The van der Waals surface area contributed by atoms with Gasteiger partial charge in [-0.25, -0.2) is 9.48 Å². The summed E-state index contributed by atoms with van der Waals surface area (Å²) in [4.78, 5) is 10.9. The molecule has 1 aromatic carbocycles. The van der Waals surface area contributed by atoms with Gasteiger partial charge in [0.1, 0.15) is 5.56 Å². The van der Waals surface area contributed by atoms with Crippen molar-refractivity contribution in [1.29, 1.82) is 0 Å². The minimum atomic E-state index is -0.945. The number of carboxylic acids is 1. The summed E-state index contributed by atoms with van der Waals surface area (Å²) in [7, 11) is 0. The van der Waals surface area contributed by atoms with Crippen molar-refractivity contribution < 1.29 is 9.90 Å². The van der Waals surface area contributed by atoms with Crippen molar-refractivity contribution in [1.82, 2.24) is 9.78 Å². The van der Waals surface area contributed by atoms with Gasteiger partial charge in [-0.05, 0) is 31.0 Å². The Bertz CT molecular complexity index is 541. The molecule has 4 heteroatoms. The maximum atomic E-state index is 10.9. The van der Waals surface area contributed by atoms with E-state index < -0.39 is 5.97 Å². The predicted molar refractivity (Wildman–Crippen MR) is 64.6 cm³/mol. The number of aryl methyl sites for hydroxylation is 2. The molecule has 0 aliphatic heterocycles. The molecule has 1 heterocycles. The molecule has 2 aromatic rings. The normalized spacial score (nSPS) is 10.5. The number of rotatable bonds is 3. The fourth-order valence-corrected chi connectivity index (χ4v) is 1.69. The molecule has 0 aliphatic rings. The maximum Gasteiger partial charge on any atom is 0.339 e. The molecule has 0 fully saturated rings. The Labute approximate surface area is 99.5 Å². The topological polar surface area (TPSA) is 55.1 Å². The number of aromatic carboxylic acids is 1. The Balaban J connectivity index is 2.39. The monoisotopic (exact) mass is 230 g/mol. The van der Waals surface area contributed by atoms with Crippen molar-refractivity contribution >= 4 is 5.97 Å². The second-order valence-corrected chi connectivity index (χ2v) is 3.90. The lowest BCUT2D eigenvalue weighted by atomic mass is 10.1. The summed E-state index contributed by atoms with van der Waals surface area (Å²) in [5.74, 6) is -0.945. The van der Waals surface area contributed by atoms with Crippen LogP contribution in [0.2, 0.25) is 0 Å². The Morgan fingerprint density at radius 2 is 2.00 bits per heavy atom. The van der Waals surface area contributed by atoms with Gasteiger partial charge < -0.3 is 5.11 Å². The van der Waals surface area contributed by atoms with Crippen LogP contribution >= 0.6 is 0 Å². The van der Waals surface area contributed by atoms with Crippen molar-refractivity contribution in [3.63, 3.8) is 0 Å². The van der Waals surface area contributed by atoms with Gasteiger partial charge >= 0.3 is 5.97 Å². The minimum Gasteiger partial charge on any atom is -0.478 e. The van der Waals surface area contributed by atoms with E-state index in [0.717, 1.165) is 12.1 Å².